The third-order valence-corrected chi connectivity index (χ3v) is 12.6. The van der Waals surface area contributed by atoms with Gasteiger partial charge < -0.3 is 24.4 Å². The number of methoxy groups -OCH3 is 2. The molecule has 17 heteroatoms. The normalized spacial score (nSPS) is 16.9. The van der Waals surface area contributed by atoms with Crippen LogP contribution in [0.3, 0.4) is 0 Å². The van der Waals surface area contributed by atoms with Crippen LogP contribution in [0.5, 0.6) is 17.2 Å². The number of hydrogen-bond acceptors (Lipinski definition) is 12. The number of rotatable bonds is 17. The molecular formula is C43H46Cl2N6O8S. The first-order valence-electron chi connectivity index (χ1n) is 19.9. The Labute approximate surface area is 362 Å². The smallest absolute Gasteiger partial charge is 0.263 e. The van der Waals surface area contributed by atoms with Gasteiger partial charge >= 0.3 is 0 Å². The summed E-state index contributed by atoms with van der Waals surface area (Å²) < 4.78 is 17.2. The van der Waals surface area contributed by atoms with Gasteiger partial charge in [-0.3, -0.25) is 44.1 Å². The lowest BCUT2D eigenvalue weighted by Gasteiger charge is -2.34. The number of anilines is 2. The van der Waals surface area contributed by atoms with Crippen LogP contribution in [-0.2, 0) is 14.4 Å². The minimum atomic E-state index is -0.993. The van der Waals surface area contributed by atoms with Crippen LogP contribution in [0.25, 0.3) is 10.9 Å². The summed E-state index contributed by atoms with van der Waals surface area (Å²) in [5.74, 6) is 0.521. The molecule has 1 atom stereocenters. The van der Waals surface area contributed by atoms with Crippen LogP contribution in [0.2, 0.25) is 10.0 Å². The first-order valence-corrected chi connectivity index (χ1v) is 21.7. The number of carbonyl (C=O) groups excluding carboxylic acids is 5. The summed E-state index contributed by atoms with van der Waals surface area (Å²) in [7, 11) is 3.15. The van der Waals surface area contributed by atoms with Gasteiger partial charge in [0.15, 0.2) is 11.5 Å². The van der Waals surface area contributed by atoms with Gasteiger partial charge in [-0.2, -0.15) is 0 Å². The molecule has 2 saturated heterocycles. The number of ether oxygens (including phenoxy) is 3. The highest BCUT2D eigenvalue weighted by molar-refractivity contribution is 7.99. The second-order valence-electron chi connectivity index (χ2n) is 14.7. The van der Waals surface area contributed by atoms with Gasteiger partial charge in [0.2, 0.25) is 17.7 Å². The molecule has 0 spiro atoms. The predicted octanol–water partition coefficient (Wildman–Crippen LogP) is 6.97. The van der Waals surface area contributed by atoms with E-state index >= 15 is 0 Å². The number of aromatic nitrogens is 1. The number of nitrogens with zero attached hydrogens (tertiary/aromatic N) is 4. The first kappa shape index (κ1) is 43.0. The van der Waals surface area contributed by atoms with E-state index in [0.717, 1.165) is 66.8 Å². The third-order valence-electron chi connectivity index (χ3n) is 10.9. The number of fused-ring (bicyclic) bond motifs is 2. The fraction of sp³-hybridized carbons (Fsp3) is 0.395. The molecule has 0 saturated carbocycles. The Bertz CT molecular complexity index is 2310. The van der Waals surface area contributed by atoms with Gasteiger partial charge in [0.1, 0.15) is 11.8 Å². The molecule has 2 N–H and O–H groups in total. The molecular weight excluding hydrogens is 831 g/mol. The van der Waals surface area contributed by atoms with Gasteiger partial charge in [0.05, 0.1) is 53.2 Å². The average Bonchev–Trinajstić information content (AvgIpc) is 3.50. The molecule has 4 aromatic rings. The Morgan fingerprint density at radius 1 is 0.883 bits per heavy atom. The van der Waals surface area contributed by atoms with Crippen molar-refractivity contribution in [2.75, 3.05) is 64.6 Å². The number of halogens is 2. The van der Waals surface area contributed by atoms with Crippen molar-refractivity contribution < 1.29 is 38.2 Å². The maximum atomic E-state index is 13.3. The lowest BCUT2D eigenvalue weighted by molar-refractivity contribution is -0.136. The monoisotopic (exact) mass is 876 g/mol. The zero-order valence-electron chi connectivity index (χ0n) is 33.4. The molecule has 3 aliphatic heterocycles. The van der Waals surface area contributed by atoms with Crippen LogP contribution < -0.4 is 24.8 Å². The van der Waals surface area contributed by atoms with Crippen molar-refractivity contribution in [1.29, 1.82) is 0 Å². The number of hydrogen-bond donors (Lipinski definition) is 2. The molecule has 4 heterocycles. The molecule has 0 aliphatic carbocycles. The van der Waals surface area contributed by atoms with Crippen molar-refractivity contribution in [3.8, 4) is 17.2 Å². The maximum Gasteiger partial charge on any atom is 0.263 e. The summed E-state index contributed by atoms with van der Waals surface area (Å²) in [4.78, 5) is 74.0. The van der Waals surface area contributed by atoms with Crippen molar-refractivity contribution >= 4 is 86.8 Å². The van der Waals surface area contributed by atoms with Crippen LogP contribution in [0.15, 0.2) is 59.6 Å². The topological polar surface area (TPSA) is 160 Å². The van der Waals surface area contributed by atoms with Crippen LogP contribution in [-0.4, -0.2) is 115 Å². The SMILES string of the molecule is COc1cc(Nc2ccnc3cc(OCCCN4CCN(C(=O)CCCCCSc5cccc6c5C(=O)N(C5CCC(=O)NC5=O)C6=O)CC4)c(OC)cc23)c(Cl)cc1Cl. The first-order chi connectivity index (χ1) is 29.1. The van der Waals surface area contributed by atoms with Crippen LogP contribution in [0.4, 0.5) is 11.4 Å². The third kappa shape index (κ3) is 9.59. The van der Waals surface area contributed by atoms with E-state index in [1.165, 1.54) is 11.8 Å². The summed E-state index contributed by atoms with van der Waals surface area (Å²) in [6.07, 6.45) is 5.65. The largest absolute Gasteiger partial charge is 0.495 e. The zero-order valence-corrected chi connectivity index (χ0v) is 35.7. The second-order valence-corrected chi connectivity index (χ2v) is 16.6. The average molecular weight is 878 g/mol. The highest BCUT2D eigenvalue weighted by Crippen LogP contribution is 2.40. The Hall–Kier alpha value is -5.09. The Morgan fingerprint density at radius 3 is 2.45 bits per heavy atom. The summed E-state index contributed by atoms with van der Waals surface area (Å²) in [6.45, 7) is 4.30. The molecule has 60 heavy (non-hydrogen) atoms. The number of imide groups is 2. The van der Waals surface area contributed by atoms with E-state index in [1.807, 2.05) is 29.2 Å². The lowest BCUT2D eigenvalue weighted by atomic mass is 10.0. The lowest BCUT2D eigenvalue weighted by Crippen LogP contribution is -2.54. The van der Waals surface area contributed by atoms with E-state index in [1.54, 1.807) is 44.7 Å². The van der Waals surface area contributed by atoms with Gasteiger partial charge in [0, 0.05) is 79.9 Å². The van der Waals surface area contributed by atoms with Gasteiger partial charge in [-0.15, -0.1) is 11.8 Å². The number of carbonyl (C=O) groups is 5. The minimum Gasteiger partial charge on any atom is -0.495 e. The van der Waals surface area contributed by atoms with Crippen LogP contribution >= 0.6 is 35.0 Å². The van der Waals surface area contributed by atoms with E-state index in [9.17, 15) is 24.0 Å². The summed E-state index contributed by atoms with van der Waals surface area (Å²) in [5, 5.41) is 7.28. The molecule has 14 nitrogen and oxygen atoms in total. The Kier molecular flexibility index (Phi) is 14.0. The molecule has 3 aliphatic rings. The number of benzene rings is 3. The maximum absolute atomic E-state index is 13.3. The van der Waals surface area contributed by atoms with Crippen molar-refractivity contribution in [2.45, 2.75) is 55.9 Å². The van der Waals surface area contributed by atoms with Crippen LogP contribution in [0.1, 0.15) is 65.7 Å². The molecule has 1 unspecified atom stereocenters. The van der Waals surface area contributed by atoms with E-state index in [4.69, 9.17) is 37.4 Å². The van der Waals surface area contributed by atoms with Gasteiger partial charge in [-0.05, 0) is 61.8 Å². The molecule has 5 amide bonds. The zero-order chi connectivity index (χ0) is 42.3. The molecule has 316 valence electrons. The van der Waals surface area contributed by atoms with Crippen molar-refractivity contribution in [3.63, 3.8) is 0 Å². The number of thioether (sulfide) groups is 1. The second kappa shape index (κ2) is 19.5. The predicted molar refractivity (Wildman–Crippen MR) is 230 cm³/mol. The molecule has 7 rings (SSSR count). The number of nitrogens with one attached hydrogen (secondary N) is 2. The molecule has 0 radical (unpaired) electrons. The molecule has 3 aromatic carbocycles. The highest BCUT2D eigenvalue weighted by atomic mass is 35.5. The van der Waals surface area contributed by atoms with Crippen molar-refractivity contribution in [3.05, 3.63) is 75.9 Å². The van der Waals surface area contributed by atoms with Gasteiger partial charge in [-0.25, -0.2) is 0 Å². The number of amides is 5. The van der Waals surface area contributed by atoms with Gasteiger partial charge in [-0.1, -0.05) is 35.7 Å². The number of pyridine rings is 1. The summed E-state index contributed by atoms with van der Waals surface area (Å²) in [5.41, 5.74) is 2.73. The Morgan fingerprint density at radius 2 is 1.68 bits per heavy atom. The minimum absolute atomic E-state index is 0.0761. The van der Waals surface area contributed by atoms with E-state index < -0.39 is 29.7 Å². The standard InChI is InChI=1S/C43H46Cl2N6O8S/c1-57-34-25-32(28(44)23-29(34)45)47-30-13-14-46-31-24-36(35(58-2)22-27(30)31)59-20-7-15-49-16-18-50(19-17-49)39(53)10-4-3-5-21-60-37-9-6-8-26-40(37)43(56)51(42(26)55)33-11-12-38(52)48-41(33)54/h6,8-9,13-14,22-25,33H,3-5,7,10-12,15-21H2,1-2H3,(H,46,47)(H,48,52,54). The van der Waals surface area contributed by atoms with E-state index in [-0.39, 0.29) is 24.3 Å². The quantitative estimate of drug-likeness (QED) is 0.0639. The van der Waals surface area contributed by atoms with Crippen molar-refractivity contribution in [2.24, 2.45) is 0 Å². The van der Waals surface area contributed by atoms with Crippen molar-refractivity contribution in [1.82, 2.24) is 25.0 Å². The number of unbranched alkanes of at least 4 members (excludes halogenated alkanes) is 2. The summed E-state index contributed by atoms with van der Waals surface area (Å²) in [6, 6.07) is 13.1. The Balaban J connectivity index is 0.805. The molecule has 2 fully saturated rings. The fourth-order valence-corrected chi connectivity index (χ4v) is 9.24. The highest BCUT2D eigenvalue weighted by Gasteiger charge is 2.45. The molecule has 0 bridgehead atoms. The van der Waals surface area contributed by atoms with E-state index in [0.29, 0.717) is 75.3 Å². The van der Waals surface area contributed by atoms with Crippen LogP contribution in [0, 0.1) is 0 Å². The van der Waals surface area contributed by atoms with Gasteiger partial charge in [0.25, 0.3) is 11.8 Å². The van der Waals surface area contributed by atoms with E-state index in [2.05, 4.69) is 20.5 Å². The number of piperazine rings is 1. The number of piperidine rings is 1. The summed E-state index contributed by atoms with van der Waals surface area (Å²) >= 11 is 14.2. The molecule has 1 aromatic heterocycles. The fourth-order valence-electron chi connectivity index (χ4n) is 7.65.